The fourth-order valence-corrected chi connectivity index (χ4v) is 3.92. The maximum atomic E-state index is 12.4. The summed E-state index contributed by atoms with van der Waals surface area (Å²) >= 11 is 7.58. The number of rotatable bonds is 6. The molecule has 6 nitrogen and oxygen atoms in total. The molecule has 1 heterocycles. The summed E-state index contributed by atoms with van der Waals surface area (Å²) in [5.74, 6) is -2.05. The molecule has 0 saturated heterocycles. The van der Waals surface area contributed by atoms with E-state index in [0.29, 0.717) is 15.6 Å². The summed E-state index contributed by atoms with van der Waals surface area (Å²) in [5, 5.41) is 15.1. The molecule has 0 saturated carbocycles. The number of hydrogen-bond acceptors (Lipinski definition) is 4. The predicted molar refractivity (Wildman–Crippen MR) is 119 cm³/mol. The van der Waals surface area contributed by atoms with Crippen molar-refractivity contribution in [3.05, 3.63) is 81.8 Å². The molecule has 3 N–H and O–H groups in total. The molecule has 8 heteroatoms. The molecule has 0 bridgehead atoms. The second-order valence-corrected chi connectivity index (χ2v) is 7.78. The number of carbonyl (C=O) groups excluding carboxylic acids is 2. The van der Waals surface area contributed by atoms with Gasteiger partial charge in [0.05, 0.1) is 0 Å². The first-order valence-electron chi connectivity index (χ1n) is 8.82. The fourth-order valence-electron chi connectivity index (χ4n) is 2.63. The van der Waals surface area contributed by atoms with Crippen LogP contribution in [0.3, 0.4) is 0 Å². The number of carboxylic acid groups (broad SMARTS) is 1. The van der Waals surface area contributed by atoms with Gasteiger partial charge in [0, 0.05) is 38.5 Å². The van der Waals surface area contributed by atoms with Crippen LogP contribution < -0.4 is 10.6 Å². The summed E-state index contributed by atoms with van der Waals surface area (Å²) in [4.78, 5) is 36.7. The van der Waals surface area contributed by atoms with E-state index in [2.05, 4.69) is 10.6 Å². The molecular weight excluding hydrogens is 424 g/mol. The maximum absolute atomic E-state index is 12.4. The summed E-state index contributed by atoms with van der Waals surface area (Å²) in [6.07, 6.45) is 1.40. The molecule has 0 aliphatic heterocycles. The number of halogens is 1. The topological polar surface area (TPSA) is 95.5 Å². The maximum Gasteiger partial charge on any atom is 0.352 e. The van der Waals surface area contributed by atoms with E-state index in [-0.39, 0.29) is 17.2 Å². The normalized spacial score (nSPS) is 11.1. The van der Waals surface area contributed by atoms with Gasteiger partial charge in [-0.2, -0.15) is 0 Å². The van der Waals surface area contributed by atoms with Crippen molar-refractivity contribution in [2.45, 2.75) is 6.92 Å². The highest BCUT2D eigenvalue weighted by Crippen LogP contribution is 2.33. The number of anilines is 1. The Bertz CT molecular complexity index is 1140. The number of benzene rings is 2. The molecule has 0 radical (unpaired) electrons. The largest absolute Gasteiger partial charge is 0.477 e. The number of aliphatic carboxylic acids is 1. The van der Waals surface area contributed by atoms with E-state index in [1.54, 1.807) is 24.3 Å². The number of hydrogen-bond donors (Lipinski definition) is 3. The van der Waals surface area contributed by atoms with Crippen molar-refractivity contribution in [2.24, 2.45) is 0 Å². The number of thiophene rings is 1. The lowest BCUT2D eigenvalue weighted by Gasteiger charge is -2.07. The molecule has 0 atom stereocenters. The van der Waals surface area contributed by atoms with Gasteiger partial charge in [0.25, 0.3) is 5.91 Å². The summed E-state index contributed by atoms with van der Waals surface area (Å²) in [7, 11) is 0. The SMILES string of the molecule is CC(=O)Nc1ccc(C(=O)N/C(=C/c2ccc(-c3ccccc3Cl)s2)C(=O)O)cc1. The third kappa shape index (κ3) is 5.34. The van der Waals surface area contributed by atoms with Gasteiger partial charge in [0.1, 0.15) is 5.70 Å². The average molecular weight is 441 g/mol. The van der Waals surface area contributed by atoms with Crippen molar-refractivity contribution in [2.75, 3.05) is 5.32 Å². The van der Waals surface area contributed by atoms with Crippen molar-refractivity contribution in [3.8, 4) is 10.4 Å². The summed E-state index contributed by atoms with van der Waals surface area (Å²) in [5.41, 5.74) is 1.40. The van der Waals surface area contributed by atoms with Crippen LogP contribution in [0.4, 0.5) is 5.69 Å². The number of carbonyl (C=O) groups is 3. The van der Waals surface area contributed by atoms with Crippen molar-refractivity contribution in [1.29, 1.82) is 0 Å². The van der Waals surface area contributed by atoms with E-state index in [9.17, 15) is 19.5 Å². The minimum absolute atomic E-state index is 0.226. The molecule has 3 aromatic rings. The van der Waals surface area contributed by atoms with Crippen LogP contribution in [0.1, 0.15) is 22.2 Å². The van der Waals surface area contributed by atoms with Crippen LogP contribution in [0.5, 0.6) is 0 Å². The fraction of sp³-hybridized carbons (Fsp3) is 0.0455. The van der Waals surface area contributed by atoms with Gasteiger partial charge >= 0.3 is 5.97 Å². The van der Waals surface area contributed by atoms with Gasteiger partial charge in [-0.3, -0.25) is 9.59 Å². The van der Waals surface area contributed by atoms with E-state index in [4.69, 9.17) is 11.6 Å². The van der Waals surface area contributed by atoms with Crippen molar-refractivity contribution >= 4 is 52.5 Å². The van der Waals surface area contributed by atoms with Gasteiger partial charge in [0.2, 0.25) is 5.91 Å². The first kappa shape index (κ1) is 21.3. The quantitative estimate of drug-likeness (QED) is 0.476. The zero-order valence-corrected chi connectivity index (χ0v) is 17.4. The minimum atomic E-state index is -1.26. The standard InChI is InChI=1S/C22H17ClN2O4S/c1-13(26)24-15-8-6-14(7-9-15)21(27)25-19(22(28)29)12-16-10-11-20(30-16)17-4-2-3-5-18(17)23/h2-12H,1H3,(H,24,26)(H,25,27)(H,28,29)/b19-12+. The Morgan fingerprint density at radius 2 is 1.70 bits per heavy atom. The van der Waals surface area contributed by atoms with Crippen LogP contribution in [-0.4, -0.2) is 22.9 Å². The Morgan fingerprint density at radius 1 is 1.00 bits per heavy atom. The van der Waals surface area contributed by atoms with E-state index in [0.717, 1.165) is 10.4 Å². The third-order valence-electron chi connectivity index (χ3n) is 4.00. The van der Waals surface area contributed by atoms with Gasteiger partial charge in [-0.1, -0.05) is 29.8 Å². The minimum Gasteiger partial charge on any atom is -0.477 e. The lowest BCUT2D eigenvalue weighted by molar-refractivity contribution is -0.132. The molecule has 3 rings (SSSR count). The predicted octanol–water partition coefficient (Wildman–Crippen LogP) is 4.88. The number of nitrogens with one attached hydrogen (secondary N) is 2. The molecule has 2 amide bonds. The molecule has 0 fully saturated rings. The number of carboxylic acids is 1. The molecule has 0 spiro atoms. The second-order valence-electron chi connectivity index (χ2n) is 6.26. The van der Waals surface area contributed by atoms with Crippen molar-refractivity contribution in [1.82, 2.24) is 5.32 Å². The highest BCUT2D eigenvalue weighted by atomic mass is 35.5. The second kappa shape index (κ2) is 9.39. The van der Waals surface area contributed by atoms with Gasteiger partial charge in [-0.05, 0) is 48.5 Å². The highest BCUT2D eigenvalue weighted by Gasteiger charge is 2.15. The molecule has 1 aromatic heterocycles. The molecule has 2 aromatic carbocycles. The monoisotopic (exact) mass is 440 g/mol. The van der Waals surface area contributed by atoms with Crippen molar-refractivity contribution < 1.29 is 19.5 Å². The highest BCUT2D eigenvalue weighted by molar-refractivity contribution is 7.16. The van der Waals surface area contributed by atoms with E-state index in [1.165, 1.54) is 36.5 Å². The molecule has 0 aliphatic carbocycles. The molecular formula is C22H17ClN2O4S. The smallest absolute Gasteiger partial charge is 0.352 e. The zero-order chi connectivity index (χ0) is 21.7. The van der Waals surface area contributed by atoms with Gasteiger partial charge < -0.3 is 15.7 Å². The Morgan fingerprint density at radius 3 is 2.33 bits per heavy atom. The third-order valence-corrected chi connectivity index (χ3v) is 5.39. The van der Waals surface area contributed by atoms with Crippen LogP contribution in [-0.2, 0) is 9.59 Å². The van der Waals surface area contributed by atoms with Crippen molar-refractivity contribution in [3.63, 3.8) is 0 Å². The summed E-state index contributed by atoms with van der Waals surface area (Å²) < 4.78 is 0. The molecule has 152 valence electrons. The van der Waals surface area contributed by atoms with E-state index < -0.39 is 11.9 Å². The Hall–Kier alpha value is -3.42. The Labute approximate surface area is 181 Å². The van der Waals surface area contributed by atoms with Crippen LogP contribution in [0.25, 0.3) is 16.5 Å². The van der Waals surface area contributed by atoms with Crippen LogP contribution in [0.15, 0.2) is 66.4 Å². The first-order valence-corrected chi connectivity index (χ1v) is 10.0. The first-order chi connectivity index (χ1) is 14.3. The zero-order valence-electron chi connectivity index (χ0n) is 15.8. The lowest BCUT2D eigenvalue weighted by atomic mass is 10.2. The van der Waals surface area contributed by atoms with Crippen LogP contribution >= 0.6 is 22.9 Å². The van der Waals surface area contributed by atoms with Crippen LogP contribution in [0.2, 0.25) is 5.02 Å². The van der Waals surface area contributed by atoms with Crippen LogP contribution in [0, 0.1) is 0 Å². The molecule has 30 heavy (non-hydrogen) atoms. The van der Waals surface area contributed by atoms with E-state index in [1.807, 2.05) is 24.3 Å². The van der Waals surface area contributed by atoms with Gasteiger partial charge in [0.15, 0.2) is 0 Å². The molecule has 0 aliphatic rings. The van der Waals surface area contributed by atoms with E-state index >= 15 is 0 Å². The van der Waals surface area contributed by atoms with Gasteiger partial charge in [-0.25, -0.2) is 4.79 Å². The number of amides is 2. The van der Waals surface area contributed by atoms with Gasteiger partial charge in [-0.15, -0.1) is 11.3 Å². The Kier molecular flexibility index (Phi) is 6.66. The summed E-state index contributed by atoms with van der Waals surface area (Å²) in [6, 6.07) is 17.1. The average Bonchev–Trinajstić information content (AvgIpc) is 3.16. The molecule has 0 unspecified atom stereocenters. The lowest BCUT2D eigenvalue weighted by Crippen LogP contribution is -2.27. The Balaban J connectivity index is 1.78. The summed E-state index contributed by atoms with van der Waals surface area (Å²) in [6.45, 7) is 1.38.